The summed E-state index contributed by atoms with van der Waals surface area (Å²) in [5.41, 5.74) is 1.28. The summed E-state index contributed by atoms with van der Waals surface area (Å²) in [7, 11) is -3.97. The van der Waals surface area contributed by atoms with Crippen molar-refractivity contribution in [2.24, 2.45) is 5.92 Å². The minimum absolute atomic E-state index is 0.0110. The average molecular weight is 461 g/mol. The van der Waals surface area contributed by atoms with Gasteiger partial charge in [-0.05, 0) is 76.4 Å². The number of carbonyl (C=O) groups is 2. The van der Waals surface area contributed by atoms with Gasteiger partial charge in [0, 0.05) is 11.3 Å². The third kappa shape index (κ3) is 7.76. The largest absolute Gasteiger partial charge is 0.459 e. The molecule has 2 rings (SSSR count). The molecule has 8 heteroatoms. The Morgan fingerprint density at radius 2 is 1.53 bits per heavy atom. The molecule has 0 aliphatic carbocycles. The molecular formula is C24H32N2O5S. The summed E-state index contributed by atoms with van der Waals surface area (Å²) in [5, 5.41) is 2.74. The topological polar surface area (TPSA) is 102 Å². The number of sulfonamides is 1. The Labute approximate surface area is 190 Å². The molecule has 1 amide bonds. The summed E-state index contributed by atoms with van der Waals surface area (Å²) in [6, 6.07) is 11.9. The number of hydrogen-bond acceptors (Lipinski definition) is 5. The summed E-state index contributed by atoms with van der Waals surface area (Å²) < 4.78 is 33.6. The van der Waals surface area contributed by atoms with Crippen LogP contribution in [0.3, 0.4) is 0 Å². The highest BCUT2D eigenvalue weighted by Crippen LogP contribution is 2.18. The Balaban J connectivity index is 2.14. The molecule has 0 spiro atoms. The van der Waals surface area contributed by atoms with Crippen LogP contribution in [0.25, 0.3) is 0 Å². The molecular weight excluding hydrogens is 428 g/mol. The zero-order valence-electron chi connectivity index (χ0n) is 19.4. The fraction of sp³-hybridized carbons (Fsp3) is 0.417. The molecule has 32 heavy (non-hydrogen) atoms. The average Bonchev–Trinajstić information content (AvgIpc) is 2.66. The fourth-order valence-corrected chi connectivity index (χ4v) is 4.12. The smallest absolute Gasteiger partial charge is 0.324 e. The first-order valence-electron chi connectivity index (χ1n) is 10.5. The minimum Gasteiger partial charge on any atom is -0.459 e. The van der Waals surface area contributed by atoms with E-state index in [9.17, 15) is 18.0 Å². The number of anilines is 1. The highest BCUT2D eigenvalue weighted by Gasteiger charge is 2.30. The molecule has 2 N–H and O–H groups in total. The Kier molecular flexibility index (Phi) is 8.20. The van der Waals surface area contributed by atoms with E-state index in [-0.39, 0.29) is 16.7 Å². The first-order valence-corrected chi connectivity index (χ1v) is 12.0. The van der Waals surface area contributed by atoms with Gasteiger partial charge >= 0.3 is 5.97 Å². The molecule has 0 radical (unpaired) electrons. The molecule has 0 heterocycles. The van der Waals surface area contributed by atoms with Gasteiger partial charge in [0.2, 0.25) is 10.0 Å². The van der Waals surface area contributed by atoms with Crippen molar-refractivity contribution in [1.29, 1.82) is 0 Å². The summed E-state index contributed by atoms with van der Waals surface area (Å²) in [5.74, 6) is -0.827. The van der Waals surface area contributed by atoms with Gasteiger partial charge in [-0.3, -0.25) is 9.59 Å². The number of aryl methyl sites for hydroxylation is 1. The predicted octanol–water partition coefficient (Wildman–Crippen LogP) is 4.28. The molecule has 7 nitrogen and oxygen atoms in total. The molecule has 0 aromatic heterocycles. The standard InChI is InChI=1S/C24H32N2O5S/c1-16(2)15-21(23(28)31-24(4,5)6)26-32(29,30)20-13-11-19(12-14-20)25-22(27)18-9-7-17(3)8-10-18/h7-14,16,21,26H,15H2,1-6H3,(H,25,27). The van der Waals surface area contributed by atoms with Crippen molar-refractivity contribution in [2.45, 2.75) is 64.5 Å². The van der Waals surface area contributed by atoms with Crippen LogP contribution in [0.15, 0.2) is 53.4 Å². The Bertz CT molecular complexity index is 1040. The van der Waals surface area contributed by atoms with E-state index in [1.807, 2.05) is 32.9 Å². The normalized spacial score (nSPS) is 13.0. The van der Waals surface area contributed by atoms with Gasteiger partial charge in [-0.1, -0.05) is 31.5 Å². The number of esters is 1. The highest BCUT2D eigenvalue weighted by molar-refractivity contribution is 7.89. The third-order valence-electron chi connectivity index (χ3n) is 4.43. The van der Waals surface area contributed by atoms with Crippen LogP contribution in [0.1, 0.15) is 57.0 Å². The molecule has 0 aliphatic heterocycles. The lowest BCUT2D eigenvalue weighted by molar-refractivity contribution is -0.157. The zero-order chi connectivity index (χ0) is 24.1. The molecule has 0 fully saturated rings. The lowest BCUT2D eigenvalue weighted by Gasteiger charge is -2.25. The molecule has 1 unspecified atom stereocenters. The van der Waals surface area contributed by atoms with Gasteiger partial charge in [0.05, 0.1) is 4.90 Å². The first kappa shape index (κ1) is 25.5. The van der Waals surface area contributed by atoms with E-state index in [1.54, 1.807) is 32.9 Å². The van der Waals surface area contributed by atoms with Crippen LogP contribution in [0.2, 0.25) is 0 Å². The highest BCUT2D eigenvalue weighted by atomic mass is 32.2. The van der Waals surface area contributed by atoms with Crippen LogP contribution in [-0.2, 0) is 19.6 Å². The second kappa shape index (κ2) is 10.3. The van der Waals surface area contributed by atoms with E-state index >= 15 is 0 Å². The van der Waals surface area contributed by atoms with E-state index in [0.717, 1.165) is 5.56 Å². The maximum absolute atomic E-state index is 12.9. The van der Waals surface area contributed by atoms with Crippen molar-refractivity contribution in [3.63, 3.8) is 0 Å². The van der Waals surface area contributed by atoms with Crippen LogP contribution in [0.5, 0.6) is 0 Å². The van der Waals surface area contributed by atoms with Crippen molar-refractivity contribution in [1.82, 2.24) is 4.72 Å². The van der Waals surface area contributed by atoms with Gasteiger partial charge in [0.15, 0.2) is 0 Å². The lowest BCUT2D eigenvalue weighted by Crippen LogP contribution is -2.44. The lowest BCUT2D eigenvalue weighted by atomic mass is 10.0. The summed E-state index contributed by atoms with van der Waals surface area (Å²) >= 11 is 0. The molecule has 0 aliphatic rings. The molecule has 1 atom stereocenters. The first-order chi connectivity index (χ1) is 14.8. The van der Waals surface area contributed by atoms with Gasteiger partial charge < -0.3 is 10.1 Å². The maximum Gasteiger partial charge on any atom is 0.324 e. The molecule has 0 saturated heterocycles. The zero-order valence-corrected chi connectivity index (χ0v) is 20.2. The quantitative estimate of drug-likeness (QED) is 0.573. The summed E-state index contributed by atoms with van der Waals surface area (Å²) in [6.45, 7) is 10.9. The van der Waals surface area contributed by atoms with Gasteiger partial charge in [0.25, 0.3) is 5.91 Å². The van der Waals surface area contributed by atoms with Crippen molar-refractivity contribution >= 4 is 27.6 Å². The monoisotopic (exact) mass is 460 g/mol. The van der Waals surface area contributed by atoms with E-state index < -0.39 is 27.6 Å². The van der Waals surface area contributed by atoms with Gasteiger partial charge in [-0.15, -0.1) is 0 Å². The van der Waals surface area contributed by atoms with Crippen LogP contribution < -0.4 is 10.0 Å². The Morgan fingerprint density at radius 1 is 0.969 bits per heavy atom. The molecule has 174 valence electrons. The second-order valence-electron chi connectivity index (χ2n) is 9.18. The minimum atomic E-state index is -3.97. The molecule has 2 aromatic carbocycles. The van der Waals surface area contributed by atoms with Crippen LogP contribution in [0, 0.1) is 12.8 Å². The van der Waals surface area contributed by atoms with E-state index in [0.29, 0.717) is 17.7 Å². The predicted molar refractivity (Wildman–Crippen MR) is 125 cm³/mol. The molecule has 0 saturated carbocycles. The Hall–Kier alpha value is -2.71. The SMILES string of the molecule is Cc1ccc(C(=O)Nc2ccc(S(=O)(=O)NC(CC(C)C)C(=O)OC(C)(C)C)cc2)cc1. The van der Waals surface area contributed by atoms with E-state index in [4.69, 9.17) is 4.74 Å². The number of carbonyl (C=O) groups excluding carboxylic acids is 2. The van der Waals surface area contributed by atoms with Crippen molar-refractivity contribution in [2.75, 3.05) is 5.32 Å². The fourth-order valence-electron chi connectivity index (χ4n) is 2.92. The summed E-state index contributed by atoms with van der Waals surface area (Å²) in [6.07, 6.45) is 0.304. The van der Waals surface area contributed by atoms with E-state index in [1.165, 1.54) is 24.3 Å². The third-order valence-corrected chi connectivity index (χ3v) is 5.92. The van der Waals surface area contributed by atoms with Gasteiger partial charge in [-0.2, -0.15) is 4.72 Å². The number of benzene rings is 2. The van der Waals surface area contributed by atoms with Crippen LogP contribution in [0.4, 0.5) is 5.69 Å². The number of amides is 1. The number of hydrogen-bond donors (Lipinski definition) is 2. The Morgan fingerprint density at radius 3 is 2.03 bits per heavy atom. The van der Waals surface area contributed by atoms with Crippen molar-refractivity contribution in [3.05, 3.63) is 59.7 Å². The van der Waals surface area contributed by atoms with Crippen LogP contribution >= 0.6 is 0 Å². The van der Waals surface area contributed by atoms with Crippen molar-refractivity contribution < 1.29 is 22.7 Å². The number of ether oxygens (including phenoxy) is 1. The van der Waals surface area contributed by atoms with E-state index in [2.05, 4.69) is 10.0 Å². The van der Waals surface area contributed by atoms with Gasteiger partial charge in [-0.25, -0.2) is 8.42 Å². The maximum atomic E-state index is 12.9. The molecule has 2 aromatic rings. The summed E-state index contributed by atoms with van der Waals surface area (Å²) in [4.78, 5) is 24.9. The van der Waals surface area contributed by atoms with Crippen LogP contribution in [-0.4, -0.2) is 31.9 Å². The van der Waals surface area contributed by atoms with Gasteiger partial charge in [0.1, 0.15) is 11.6 Å². The second-order valence-corrected chi connectivity index (χ2v) is 10.9. The van der Waals surface area contributed by atoms with Crippen molar-refractivity contribution in [3.8, 4) is 0 Å². The number of nitrogens with one attached hydrogen (secondary N) is 2. The molecule has 0 bridgehead atoms. The number of rotatable bonds is 8.